The predicted octanol–water partition coefficient (Wildman–Crippen LogP) is 14.0. The summed E-state index contributed by atoms with van der Waals surface area (Å²) in [7, 11) is 0. The molecule has 11 aromatic rings. The lowest BCUT2D eigenvalue weighted by molar-refractivity contribution is 0.621. The van der Waals surface area contributed by atoms with Gasteiger partial charge in [0.2, 0.25) is 5.89 Å². The van der Waals surface area contributed by atoms with Crippen molar-refractivity contribution in [2.24, 2.45) is 0 Å². The molecule has 0 saturated heterocycles. The van der Waals surface area contributed by atoms with Crippen molar-refractivity contribution < 1.29 is 4.42 Å². The van der Waals surface area contributed by atoms with E-state index >= 15 is 0 Å². The maximum absolute atomic E-state index is 6.53. The topological polar surface area (TPSA) is 34.2 Å². The van der Waals surface area contributed by atoms with Crippen molar-refractivity contribution in [1.29, 1.82) is 0 Å². The van der Waals surface area contributed by atoms with Crippen LogP contribution in [0.25, 0.3) is 82.7 Å². The van der Waals surface area contributed by atoms with Crippen LogP contribution in [0.4, 0.5) is 17.1 Å². The summed E-state index contributed by atoms with van der Waals surface area (Å²) in [6.45, 7) is 0. The highest BCUT2D eigenvalue weighted by Gasteiger charge is 2.23. The first-order chi connectivity index (χ1) is 27.3. The molecule has 0 unspecified atom stereocenters. The molecule has 9 aromatic carbocycles. The van der Waals surface area contributed by atoms with Crippen LogP contribution in [0.2, 0.25) is 0 Å². The normalized spacial score (nSPS) is 11.6. The first-order valence-electron chi connectivity index (χ1n) is 18.6. The molecule has 0 aliphatic rings. The molecule has 0 aliphatic heterocycles. The summed E-state index contributed by atoms with van der Waals surface area (Å²) in [6.07, 6.45) is 0. The molecular formula is C51H33N3O. The number of hydrogen-bond donors (Lipinski definition) is 0. The molecular weight excluding hydrogens is 671 g/mol. The molecule has 258 valence electrons. The zero-order chi connectivity index (χ0) is 36.3. The van der Waals surface area contributed by atoms with E-state index in [1.165, 1.54) is 37.8 Å². The number of fused-ring (bicyclic) bond motifs is 7. The lowest BCUT2D eigenvalue weighted by Gasteiger charge is -2.29. The van der Waals surface area contributed by atoms with Gasteiger partial charge in [-0.3, -0.25) is 0 Å². The summed E-state index contributed by atoms with van der Waals surface area (Å²) in [5.41, 5.74) is 11.3. The van der Waals surface area contributed by atoms with Gasteiger partial charge in [-0.1, -0.05) is 140 Å². The molecule has 0 atom stereocenters. The van der Waals surface area contributed by atoms with E-state index in [1.54, 1.807) is 0 Å². The first kappa shape index (κ1) is 31.1. The number of aromatic nitrogens is 2. The number of nitrogens with zero attached hydrogens (tertiary/aromatic N) is 3. The summed E-state index contributed by atoms with van der Waals surface area (Å²) < 4.78 is 8.94. The molecule has 0 spiro atoms. The van der Waals surface area contributed by atoms with Gasteiger partial charge in [-0.25, -0.2) is 4.98 Å². The summed E-state index contributed by atoms with van der Waals surface area (Å²) in [5.74, 6) is 0.616. The molecule has 11 rings (SSSR count). The van der Waals surface area contributed by atoms with Gasteiger partial charge in [0.15, 0.2) is 5.58 Å². The van der Waals surface area contributed by atoms with Crippen LogP contribution < -0.4 is 4.90 Å². The third kappa shape index (κ3) is 5.03. The Kier molecular flexibility index (Phi) is 7.14. The number of anilines is 3. The fraction of sp³-hybridized carbons (Fsp3) is 0. The Balaban J connectivity index is 1.20. The van der Waals surface area contributed by atoms with Gasteiger partial charge in [0.1, 0.15) is 5.52 Å². The maximum atomic E-state index is 6.53. The van der Waals surface area contributed by atoms with Crippen molar-refractivity contribution in [3.63, 3.8) is 0 Å². The van der Waals surface area contributed by atoms with Crippen LogP contribution in [0.3, 0.4) is 0 Å². The van der Waals surface area contributed by atoms with Crippen LogP contribution in [0.1, 0.15) is 0 Å². The van der Waals surface area contributed by atoms with Gasteiger partial charge >= 0.3 is 0 Å². The number of para-hydroxylation sites is 3. The second-order valence-electron chi connectivity index (χ2n) is 13.9. The van der Waals surface area contributed by atoms with Crippen LogP contribution >= 0.6 is 0 Å². The molecule has 0 saturated carbocycles. The molecule has 0 bridgehead atoms. The van der Waals surface area contributed by atoms with Crippen molar-refractivity contribution in [1.82, 2.24) is 9.55 Å². The Bertz CT molecular complexity index is 3210. The van der Waals surface area contributed by atoms with E-state index in [0.29, 0.717) is 5.89 Å². The molecule has 2 heterocycles. The molecule has 4 nitrogen and oxygen atoms in total. The second-order valence-corrected chi connectivity index (χ2v) is 13.9. The Morgan fingerprint density at radius 2 is 1.11 bits per heavy atom. The van der Waals surface area contributed by atoms with E-state index in [2.05, 4.69) is 173 Å². The van der Waals surface area contributed by atoms with Crippen LogP contribution in [0.15, 0.2) is 205 Å². The van der Waals surface area contributed by atoms with E-state index in [-0.39, 0.29) is 0 Å². The minimum Gasteiger partial charge on any atom is -0.435 e. The highest BCUT2D eigenvalue weighted by Crippen LogP contribution is 2.47. The fourth-order valence-electron chi connectivity index (χ4n) is 8.36. The summed E-state index contributed by atoms with van der Waals surface area (Å²) in [5, 5.41) is 7.23. The van der Waals surface area contributed by atoms with Crippen LogP contribution in [0, 0.1) is 0 Å². The fourth-order valence-corrected chi connectivity index (χ4v) is 8.36. The standard InChI is InChI=1S/C51H33N3O/c1-3-17-35(18-4-1)51-52-44-29-15-28-40(50(44)55-51)36-20-13-23-38(32-36)54(45-31-14-19-34-16-7-8-24-39(34)45)47-33-48-49(42-26-10-9-25-41(42)47)43-27-11-12-30-46(43)53(48)37-21-5-2-6-22-37/h1-33H. The lowest BCUT2D eigenvalue weighted by atomic mass is 9.99. The highest BCUT2D eigenvalue weighted by atomic mass is 16.3. The highest BCUT2D eigenvalue weighted by molar-refractivity contribution is 6.25. The van der Waals surface area contributed by atoms with Crippen LogP contribution in [0.5, 0.6) is 0 Å². The molecule has 0 fully saturated rings. The molecule has 55 heavy (non-hydrogen) atoms. The number of rotatable bonds is 6. The average molecular weight is 704 g/mol. The van der Waals surface area contributed by atoms with Gasteiger partial charge in [0.05, 0.1) is 22.4 Å². The summed E-state index contributed by atoms with van der Waals surface area (Å²) >= 11 is 0. The zero-order valence-corrected chi connectivity index (χ0v) is 29.8. The van der Waals surface area contributed by atoms with E-state index in [9.17, 15) is 0 Å². The maximum Gasteiger partial charge on any atom is 0.227 e. The van der Waals surface area contributed by atoms with E-state index in [4.69, 9.17) is 9.40 Å². The first-order valence-corrected chi connectivity index (χ1v) is 18.6. The van der Waals surface area contributed by atoms with Gasteiger partial charge in [-0.15, -0.1) is 0 Å². The predicted molar refractivity (Wildman–Crippen MR) is 229 cm³/mol. The van der Waals surface area contributed by atoms with Crippen LogP contribution in [-0.2, 0) is 0 Å². The largest absolute Gasteiger partial charge is 0.435 e. The third-order valence-electron chi connectivity index (χ3n) is 10.8. The minimum absolute atomic E-state index is 0.616. The Morgan fingerprint density at radius 1 is 0.455 bits per heavy atom. The van der Waals surface area contributed by atoms with Crippen molar-refractivity contribution in [2.75, 3.05) is 4.90 Å². The van der Waals surface area contributed by atoms with Gasteiger partial charge in [-0.2, -0.15) is 0 Å². The molecule has 2 aromatic heterocycles. The van der Waals surface area contributed by atoms with Gasteiger partial charge < -0.3 is 13.9 Å². The van der Waals surface area contributed by atoms with Gasteiger partial charge in [-0.05, 0) is 77.0 Å². The smallest absolute Gasteiger partial charge is 0.227 e. The summed E-state index contributed by atoms with van der Waals surface area (Å²) in [6, 6.07) is 71.1. The van der Waals surface area contributed by atoms with Crippen molar-refractivity contribution in [2.45, 2.75) is 0 Å². The second kappa shape index (κ2) is 12.6. The Morgan fingerprint density at radius 3 is 1.96 bits per heavy atom. The number of hydrogen-bond acceptors (Lipinski definition) is 3. The molecule has 0 N–H and O–H groups in total. The van der Waals surface area contributed by atoms with Gasteiger partial charge in [0, 0.05) is 44.0 Å². The van der Waals surface area contributed by atoms with E-state index < -0.39 is 0 Å². The van der Waals surface area contributed by atoms with Crippen molar-refractivity contribution >= 4 is 71.5 Å². The molecule has 0 amide bonds. The third-order valence-corrected chi connectivity index (χ3v) is 10.8. The quantitative estimate of drug-likeness (QED) is 0.173. The summed E-state index contributed by atoms with van der Waals surface area (Å²) in [4.78, 5) is 7.33. The monoisotopic (exact) mass is 703 g/mol. The van der Waals surface area contributed by atoms with E-state index in [0.717, 1.165) is 56.1 Å². The molecule has 0 aliphatic carbocycles. The molecule has 0 radical (unpaired) electrons. The lowest BCUT2D eigenvalue weighted by Crippen LogP contribution is -2.11. The Labute approximate surface area is 317 Å². The molecule has 4 heteroatoms. The van der Waals surface area contributed by atoms with Crippen molar-refractivity contribution in [3.8, 4) is 28.3 Å². The Hall–Kier alpha value is -7.43. The minimum atomic E-state index is 0.616. The van der Waals surface area contributed by atoms with Crippen LogP contribution in [-0.4, -0.2) is 9.55 Å². The zero-order valence-electron chi connectivity index (χ0n) is 29.8. The SMILES string of the molecule is c1ccc(-c2nc3cccc(-c4cccc(N(c5cccc6ccccc56)c5cc6c(c7ccccc57)c5ccccc5n6-c5ccccc5)c4)c3o2)cc1. The number of benzene rings is 9. The van der Waals surface area contributed by atoms with E-state index in [1.807, 2.05) is 36.4 Å². The average Bonchev–Trinajstić information content (AvgIpc) is 3.85. The van der Waals surface area contributed by atoms with Gasteiger partial charge in [0.25, 0.3) is 0 Å². The number of oxazole rings is 1. The van der Waals surface area contributed by atoms with Crippen molar-refractivity contribution in [3.05, 3.63) is 200 Å².